The van der Waals surface area contributed by atoms with Gasteiger partial charge in [-0.25, -0.2) is 0 Å². The fourth-order valence-electron chi connectivity index (χ4n) is 5.62. The molecular formula is C27H27N3O2. The maximum absolute atomic E-state index is 11.7. The molecule has 1 unspecified atom stereocenters. The zero-order valence-corrected chi connectivity index (χ0v) is 18.2. The van der Waals surface area contributed by atoms with Crippen molar-refractivity contribution in [3.05, 3.63) is 66.7 Å². The van der Waals surface area contributed by atoms with Gasteiger partial charge in [0.05, 0.1) is 11.4 Å². The molecule has 2 bridgehead atoms. The van der Waals surface area contributed by atoms with E-state index >= 15 is 0 Å². The molecular weight excluding hydrogens is 398 g/mol. The number of nitrogens with zero attached hydrogens (tertiary/aromatic N) is 1. The normalized spacial score (nSPS) is 23.2. The number of hydrogen-bond donors (Lipinski definition) is 2. The third kappa shape index (κ3) is 3.33. The third-order valence-corrected chi connectivity index (χ3v) is 6.93. The highest BCUT2D eigenvalue weighted by Gasteiger charge is 2.39. The van der Waals surface area contributed by atoms with Crippen LogP contribution in [-0.2, 0) is 4.79 Å². The molecule has 0 saturated carbocycles. The zero-order valence-electron chi connectivity index (χ0n) is 18.2. The number of para-hydroxylation sites is 3. The molecule has 2 N–H and O–H groups in total. The van der Waals surface area contributed by atoms with Crippen LogP contribution in [0.4, 0.5) is 17.1 Å². The lowest BCUT2D eigenvalue weighted by molar-refractivity contribution is -0.114. The molecule has 32 heavy (non-hydrogen) atoms. The molecule has 0 spiro atoms. The largest absolute Gasteiger partial charge is 0.453 e. The summed E-state index contributed by atoms with van der Waals surface area (Å²) in [5.41, 5.74) is 5.09. The highest BCUT2D eigenvalue weighted by Crippen LogP contribution is 2.51. The second-order valence-electron chi connectivity index (χ2n) is 9.11. The van der Waals surface area contributed by atoms with Crippen LogP contribution in [0.5, 0.6) is 11.5 Å². The number of benzene rings is 3. The predicted molar refractivity (Wildman–Crippen MR) is 128 cm³/mol. The van der Waals surface area contributed by atoms with Crippen molar-refractivity contribution in [1.82, 2.24) is 5.32 Å². The lowest BCUT2D eigenvalue weighted by Gasteiger charge is -2.42. The Morgan fingerprint density at radius 1 is 0.938 bits per heavy atom. The van der Waals surface area contributed by atoms with E-state index < -0.39 is 0 Å². The summed E-state index contributed by atoms with van der Waals surface area (Å²) in [6.45, 7) is 1.54. The fraction of sp³-hybridized carbons (Fsp3) is 0.296. The van der Waals surface area contributed by atoms with Crippen LogP contribution in [-0.4, -0.2) is 24.0 Å². The summed E-state index contributed by atoms with van der Waals surface area (Å²) in [4.78, 5) is 14.2. The van der Waals surface area contributed by atoms with E-state index in [0.29, 0.717) is 18.1 Å². The SMILES string of the molecule is CC(=O)Nc1ccccc1-c1ccc2c(c1)Oc1ccccc1N2C1C[C@H]2CC[C@@H](C1)N2. The van der Waals surface area contributed by atoms with Crippen molar-refractivity contribution in [2.75, 3.05) is 10.2 Å². The van der Waals surface area contributed by atoms with Gasteiger partial charge in [0.15, 0.2) is 11.5 Å². The van der Waals surface area contributed by atoms with Gasteiger partial charge in [-0.2, -0.15) is 0 Å². The molecule has 5 heteroatoms. The van der Waals surface area contributed by atoms with Gasteiger partial charge in [0.25, 0.3) is 0 Å². The van der Waals surface area contributed by atoms with E-state index in [0.717, 1.165) is 52.5 Å². The van der Waals surface area contributed by atoms with Crippen molar-refractivity contribution < 1.29 is 9.53 Å². The molecule has 0 aliphatic carbocycles. The van der Waals surface area contributed by atoms with Gasteiger partial charge in [0.1, 0.15) is 0 Å². The van der Waals surface area contributed by atoms with Crippen LogP contribution in [0.1, 0.15) is 32.6 Å². The number of rotatable bonds is 3. The van der Waals surface area contributed by atoms with E-state index in [1.165, 1.54) is 19.8 Å². The molecule has 3 aromatic carbocycles. The summed E-state index contributed by atoms with van der Waals surface area (Å²) in [5.74, 6) is 1.69. The number of amides is 1. The van der Waals surface area contributed by atoms with Crippen LogP contribution < -0.4 is 20.3 Å². The highest BCUT2D eigenvalue weighted by molar-refractivity contribution is 5.94. The predicted octanol–water partition coefficient (Wildman–Crippen LogP) is 5.84. The van der Waals surface area contributed by atoms with Crippen molar-refractivity contribution in [1.29, 1.82) is 0 Å². The number of fused-ring (bicyclic) bond motifs is 4. The topological polar surface area (TPSA) is 53.6 Å². The Morgan fingerprint density at radius 3 is 2.47 bits per heavy atom. The minimum absolute atomic E-state index is 0.0766. The van der Waals surface area contributed by atoms with Crippen LogP contribution in [0.25, 0.3) is 11.1 Å². The standard InChI is InChI=1S/C27H27N3O2/c1-17(31)28-23-7-3-2-6-22(23)18-10-13-25-27(14-18)32-26-9-5-4-8-24(26)30(25)21-15-19-11-12-20(16-21)29-19/h2-10,13-14,19-21,29H,11-12,15-16H2,1H3,(H,28,31)/t19-,20+,21?. The zero-order chi connectivity index (χ0) is 21.7. The average molecular weight is 426 g/mol. The first-order valence-corrected chi connectivity index (χ1v) is 11.5. The molecule has 0 radical (unpaired) electrons. The first kappa shape index (κ1) is 19.4. The lowest BCUT2D eigenvalue weighted by Crippen LogP contribution is -2.47. The quantitative estimate of drug-likeness (QED) is 0.554. The number of carbonyl (C=O) groups is 1. The summed E-state index contributed by atoms with van der Waals surface area (Å²) >= 11 is 0. The number of anilines is 3. The van der Waals surface area contributed by atoms with Gasteiger partial charge < -0.3 is 20.3 Å². The summed E-state index contributed by atoms with van der Waals surface area (Å²) in [6, 6.07) is 24.3. The smallest absolute Gasteiger partial charge is 0.221 e. The number of hydrogen-bond acceptors (Lipinski definition) is 4. The summed E-state index contributed by atoms with van der Waals surface area (Å²) in [6.07, 6.45) is 4.85. The number of nitrogens with one attached hydrogen (secondary N) is 2. The fourth-order valence-corrected chi connectivity index (χ4v) is 5.62. The number of carbonyl (C=O) groups excluding carboxylic acids is 1. The number of ether oxygens (including phenoxy) is 1. The van der Waals surface area contributed by atoms with E-state index in [1.807, 2.05) is 30.3 Å². The molecule has 1 amide bonds. The number of piperidine rings is 1. The minimum Gasteiger partial charge on any atom is -0.453 e. The molecule has 2 saturated heterocycles. The maximum Gasteiger partial charge on any atom is 0.221 e. The third-order valence-electron chi connectivity index (χ3n) is 6.93. The van der Waals surface area contributed by atoms with Gasteiger partial charge >= 0.3 is 0 Å². The molecule has 3 aromatic rings. The Balaban J connectivity index is 1.43. The van der Waals surface area contributed by atoms with Gasteiger partial charge in [0.2, 0.25) is 5.91 Å². The van der Waals surface area contributed by atoms with E-state index in [4.69, 9.17) is 4.74 Å². The first-order chi connectivity index (χ1) is 15.7. The Bertz CT molecular complexity index is 1180. The molecule has 6 rings (SSSR count). The van der Waals surface area contributed by atoms with Crippen LogP contribution in [0.15, 0.2) is 66.7 Å². The first-order valence-electron chi connectivity index (χ1n) is 11.5. The van der Waals surface area contributed by atoms with Gasteiger partial charge in [-0.15, -0.1) is 0 Å². The van der Waals surface area contributed by atoms with Crippen molar-refractivity contribution in [2.24, 2.45) is 0 Å². The summed E-state index contributed by atoms with van der Waals surface area (Å²) < 4.78 is 6.41. The molecule has 0 aromatic heterocycles. The minimum atomic E-state index is -0.0766. The lowest BCUT2D eigenvalue weighted by atomic mass is 9.95. The molecule has 3 atom stereocenters. The van der Waals surface area contributed by atoms with E-state index in [-0.39, 0.29) is 5.91 Å². The molecule has 3 aliphatic heterocycles. The Labute approximate surface area is 188 Å². The van der Waals surface area contributed by atoms with Crippen molar-refractivity contribution in [3.8, 4) is 22.6 Å². The van der Waals surface area contributed by atoms with Crippen LogP contribution in [0.3, 0.4) is 0 Å². The van der Waals surface area contributed by atoms with Crippen LogP contribution in [0.2, 0.25) is 0 Å². The molecule has 2 fully saturated rings. The van der Waals surface area contributed by atoms with Crippen molar-refractivity contribution >= 4 is 23.0 Å². The Hall–Kier alpha value is -3.31. The highest BCUT2D eigenvalue weighted by atomic mass is 16.5. The van der Waals surface area contributed by atoms with Gasteiger partial charge in [-0.3, -0.25) is 4.79 Å². The Morgan fingerprint density at radius 2 is 1.66 bits per heavy atom. The monoisotopic (exact) mass is 425 g/mol. The van der Waals surface area contributed by atoms with E-state index in [1.54, 1.807) is 0 Å². The molecule has 3 heterocycles. The van der Waals surface area contributed by atoms with Gasteiger partial charge in [-0.1, -0.05) is 36.4 Å². The van der Waals surface area contributed by atoms with Gasteiger partial charge in [-0.05, 0) is 61.6 Å². The Kier molecular flexibility index (Phi) is 4.65. The average Bonchev–Trinajstić information content (AvgIpc) is 3.14. The maximum atomic E-state index is 11.7. The molecule has 3 aliphatic rings. The summed E-state index contributed by atoms with van der Waals surface area (Å²) in [5, 5.41) is 6.71. The second-order valence-corrected chi connectivity index (χ2v) is 9.11. The molecule has 162 valence electrons. The summed E-state index contributed by atoms with van der Waals surface area (Å²) in [7, 11) is 0. The van der Waals surface area contributed by atoms with Crippen LogP contribution in [0, 0.1) is 0 Å². The second kappa shape index (κ2) is 7.68. The van der Waals surface area contributed by atoms with E-state index in [2.05, 4.69) is 51.9 Å². The van der Waals surface area contributed by atoms with Crippen molar-refractivity contribution in [3.63, 3.8) is 0 Å². The van der Waals surface area contributed by atoms with Gasteiger partial charge in [0, 0.05) is 36.3 Å². The molecule has 5 nitrogen and oxygen atoms in total. The van der Waals surface area contributed by atoms with Crippen molar-refractivity contribution in [2.45, 2.75) is 50.7 Å². The van der Waals surface area contributed by atoms with Crippen LogP contribution >= 0.6 is 0 Å². The van der Waals surface area contributed by atoms with E-state index in [9.17, 15) is 4.79 Å².